The molecular formula is C19H22N4O2. The SMILES string of the molecule is CNC(=O)CN(C)Cc1nc2ccccc2n1-c1ccc(OC)cc1. The highest BCUT2D eigenvalue weighted by Crippen LogP contribution is 2.24. The number of carbonyl (C=O) groups excluding carboxylic acids is 1. The minimum absolute atomic E-state index is 0.0189. The van der Waals surface area contributed by atoms with Gasteiger partial charge in [0, 0.05) is 12.7 Å². The van der Waals surface area contributed by atoms with E-state index in [1.54, 1.807) is 14.2 Å². The molecule has 6 nitrogen and oxygen atoms in total. The number of aromatic nitrogens is 2. The van der Waals surface area contributed by atoms with Gasteiger partial charge in [-0.3, -0.25) is 14.3 Å². The van der Waals surface area contributed by atoms with Crippen molar-refractivity contribution >= 4 is 16.9 Å². The zero-order valence-electron chi connectivity index (χ0n) is 14.7. The van der Waals surface area contributed by atoms with Crippen LogP contribution in [-0.2, 0) is 11.3 Å². The molecule has 130 valence electrons. The van der Waals surface area contributed by atoms with Crippen LogP contribution in [0.3, 0.4) is 0 Å². The molecule has 0 radical (unpaired) electrons. The smallest absolute Gasteiger partial charge is 0.233 e. The Kier molecular flexibility index (Phi) is 5.00. The van der Waals surface area contributed by atoms with Crippen molar-refractivity contribution in [1.29, 1.82) is 0 Å². The van der Waals surface area contributed by atoms with Gasteiger partial charge in [-0.05, 0) is 43.4 Å². The molecule has 0 unspecified atom stereocenters. The normalized spacial score (nSPS) is 11.0. The summed E-state index contributed by atoms with van der Waals surface area (Å²) in [5.41, 5.74) is 2.98. The van der Waals surface area contributed by atoms with Crippen molar-refractivity contribution in [3.63, 3.8) is 0 Å². The number of amides is 1. The topological polar surface area (TPSA) is 59.4 Å². The van der Waals surface area contributed by atoms with Crippen molar-refractivity contribution in [2.45, 2.75) is 6.54 Å². The van der Waals surface area contributed by atoms with E-state index >= 15 is 0 Å². The Labute approximate surface area is 147 Å². The number of nitrogens with zero attached hydrogens (tertiary/aromatic N) is 3. The number of para-hydroxylation sites is 2. The van der Waals surface area contributed by atoms with Crippen LogP contribution in [0, 0.1) is 0 Å². The monoisotopic (exact) mass is 338 g/mol. The van der Waals surface area contributed by atoms with Crippen LogP contribution in [0.1, 0.15) is 5.82 Å². The Balaban J connectivity index is 2.01. The van der Waals surface area contributed by atoms with Gasteiger partial charge in [-0.25, -0.2) is 4.98 Å². The minimum Gasteiger partial charge on any atom is -0.497 e. The third-order valence-corrected chi connectivity index (χ3v) is 4.06. The zero-order valence-corrected chi connectivity index (χ0v) is 14.7. The number of benzene rings is 2. The van der Waals surface area contributed by atoms with Crippen molar-refractivity contribution in [1.82, 2.24) is 19.8 Å². The molecule has 3 aromatic rings. The molecular weight excluding hydrogens is 316 g/mol. The predicted molar refractivity (Wildman–Crippen MR) is 98.0 cm³/mol. The summed E-state index contributed by atoms with van der Waals surface area (Å²) in [6.45, 7) is 0.885. The predicted octanol–water partition coefficient (Wildman–Crippen LogP) is 2.21. The van der Waals surface area contributed by atoms with Crippen molar-refractivity contribution in [2.24, 2.45) is 0 Å². The Bertz CT molecular complexity index is 871. The van der Waals surface area contributed by atoms with E-state index in [9.17, 15) is 4.79 Å². The van der Waals surface area contributed by atoms with E-state index in [0.717, 1.165) is 28.3 Å². The fraction of sp³-hybridized carbons (Fsp3) is 0.263. The largest absolute Gasteiger partial charge is 0.497 e. The third-order valence-electron chi connectivity index (χ3n) is 4.06. The van der Waals surface area contributed by atoms with Gasteiger partial charge in [0.05, 0.1) is 31.2 Å². The van der Waals surface area contributed by atoms with Gasteiger partial charge in [0.2, 0.25) is 5.91 Å². The molecule has 0 saturated carbocycles. The number of rotatable bonds is 6. The first-order valence-electron chi connectivity index (χ1n) is 8.12. The molecule has 1 N–H and O–H groups in total. The van der Waals surface area contributed by atoms with Crippen LogP contribution >= 0.6 is 0 Å². The fourth-order valence-corrected chi connectivity index (χ4v) is 2.82. The van der Waals surface area contributed by atoms with Gasteiger partial charge in [-0.1, -0.05) is 12.1 Å². The minimum atomic E-state index is -0.0189. The van der Waals surface area contributed by atoms with Gasteiger partial charge in [-0.15, -0.1) is 0 Å². The van der Waals surface area contributed by atoms with Crippen molar-refractivity contribution < 1.29 is 9.53 Å². The molecule has 0 saturated heterocycles. The molecule has 0 atom stereocenters. The Hall–Kier alpha value is -2.86. The molecule has 0 spiro atoms. The number of carbonyl (C=O) groups is 1. The van der Waals surface area contributed by atoms with E-state index < -0.39 is 0 Å². The summed E-state index contributed by atoms with van der Waals surface area (Å²) < 4.78 is 7.37. The number of hydrogen-bond acceptors (Lipinski definition) is 4. The Morgan fingerprint density at radius 2 is 1.92 bits per heavy atom. The van der Waals surface area contributed by atoms with Gasteiger partial charge in [0.15, 0.2) is 0 Å². The fourth-order valence-electron chi connectivity index (χ4n) is 2.82. The summed E-state index contributed by atoms with van der Waals surface area (Å²) in [6, 6.07) is 15.9. The highest BCUT2D eigenvalue weighted by atomic mass is 16.5. The first-order valence-corrected chi connectivity index (χ1v) is 8.12. The first-order chi connectivity index (χ1) is 12.1. The number of methoxy groups -OCH3 is 1. The summed E-state index contributed by atoms with van der Waals surface area (Å²) in [6.07, 6.45) is 0. The standard InChI is InChI=1S/C19H22N4O2/c1-20-19(24)13-22(2)12-18-21-16-6-4-5-7-17(16)23(18)14-8-10-15(25-3)11-9-14/h4-11H,12-13H2,1-3H3,(H,20,24). The van der Waals surface area contributed by atoms with Crippen LogP contribution in [0.2, 0.25) is 0 Å². The van der Waals surface area contributed by atoms with Gasteiger partial charge in [0.25, 0.3) is 0 Å². The van der Waals surface area contributed by atoms with E-state index in [0.29, 0.717) is 13.1 Å². The maximum Gasteiger partial charge on any atom is 0.233 e. The van der Waals surface area contributed by atoms with Crippen molar-refractivity contribution in [2.75, 3.05) is 27.7 Å². The molecule has 0 bridgehead atoms. The molecule has 1 aromatic heterocycles. The third kappa shape index (κ3) is 3.64. The Morgan fingerprint density at radius 1 is 1.20 bits per heavy atom. The van der Waals surface area contributed by atoms with Crippen molar-refractivity contribution in [3.8, 4) is 11.4 Å². The van der Waals surface area contributed by atoms with E-state index in [4.69, 9.17) is 9.72 Å². The number of ether oxygens (including phenoxy) is 1. The first kappa shape index (κ1) is 17.0. The lowest BCUT2D eigenvalue weighted by Crippen LogP contribution is -2.33. The number of likely N-dealkylation sites (N-methyl/N-ethyl adjacent to an activating group) is 2. The molecule has 1 heterocycles. The molecule has 0 aliphatic carbocycles. The van der Waals surface area contributed by atoms with Crippen LogP contribution in [0.25, 0.3) is 16.7 Å². The van der Waals surface area contributed by atoms with Gasteiger partial charge < -0.3 is 10.1 Å². The summed E-state index contributed by atoms with van der Waals surface area (Å²) in [4.78, 5) is 18.3. The highest BCUT2D eigenvalue weighted by molar-refractivity contribution is 5.79. The molecule has 0 aliphatic rings. The Morgan fingerprint density at radius 3 is 2.60 bits per heavy atom. The second-order valence-electron chi connectivity index (χ2n) is 5.90. The molecule has 3 rings (SSSR count). The van der Waals surface area contributed by atoms with E-state index in [2.05, 4.69) is 16.0 Å². The molecule has 0 fully saturated rings. The summed E-state index contributed by atoms with van der Waals surface area (Å²) >= 11 is 0. The number of fused-ring (bicyclic) bond motifs is 1. The van der Waals surface area contributed by atoms with Crippen LogP contribution in [-0.4, -0.2) is 48.1 Å². The van der Waals surface area contributed by atoms with E-state index in [1.165, 1.54) is 0 Å². The average Bonchev–Trinajstić information content (AvgIpc) is 2.99. The lowest BCUT2D eigenvalue weighted by Gasteiger charge is -2.17. The van der Waals surface area contributed by atoms with Crippen LogP contribution in [0.4, 0.5) is 0 Å². The molecule has 0 aliphatic heterocycles. The second-order valence-corrected chi connectivity index (χ2v) is 5.90. The average molecular weight is 338 g/mol. The van der Waals surface area contributed by atoms with E-state index in [-0.39, 0.29) is 5.91 Å². The van der Waals surface area contributed by atoms with Crippen LogP contribution in [0.15, 0.2) is 48.5 Å². The maximum absolute atomic E-state index is 11.6. The van der Waals surface area contributed by atoms with E-state index in [1.807, 2.05) is 54.4 Å². The quantitative estimate of drug-likeness (QED) is 0.749. The van der Waals surface area contributed by atoms with Gasteiger partial charge in [-0.2, -0.15) is 0 Å². The second kappa shape index (κ2) is 7.36. The molecule has 6 heteroatoms. The number of nitrogens with one attached hydrogen (secondary N) is 1. The summed E-state index contributed by atoms with van der Waals surface area (Å²) in [5.74, 6) is 1.68. The molecule has 2 aromatic carbocycles. The molecule has 1 amide bonds. The van der Waals surface area contributed by atoms with Gasteiger partial charge in [0.1, 0.15) is 11.6 Å². The summed E-state index contributed by atoms with van der Waals surface area (Å²) in [5, 5.41) is 2.65. The van der Waals surface area contributed by atoms with Crippen LogP contribution < -0.4 is 10.1 Å². The number of imidazole rings is 1. The summed E-state index contributed by atoms with van der Waals surface area (Å²) in [7, 11) is 5.20. The zero-order chi connectivity index (χ0) is 17.8. The number of hydrogen-bond donors (Lipinski definition) is 1. The van der Waals surface area contributed by atoms with Crippen molar-refractivity contribution in [3.05, 3.63) is 54.4 Å². The van der Waals surface area contributed by atoms with Crippen LogP contribution in [0.5, 0.6) is 5.75 Å². The highest BCUT2D eigenvalue weighted by Gasteiger charge is 2.15. The lowest BCUT2D eigenvalue weighted by atomic mass is 10.2. The molecule has 25 heavy (non-hydrogen) atoms. The lowest BCUT2D eigenvalue weighted by molar-refractivity contribution is -0.121. The maximum atomic E-state index is 11.6. The van der Waals surface area contributed by atoms with Gasteiger partial charge >= 0.3 is 0 Å².